The van der Waals surface area contributed by atoms with Gasteiger partial charge in [0, 0.05) is 29.6 Å². The van der Waals surface area contributed by atoms with Gasteiger partial charge >= 0.3 is 18.0 Å². The van der Waals surface area contributed by atoms with E-state index in [9.17, 15) is 22.8 Å². The molecule has 2 aromatic carbocycles. The van der Waals surface area contributed by atoms with Gasteiger partial charge in [0.15, 0.2) is 0 Å². The van der Waals surface area contributed by atoms with E-state index in [4.69, 9.17) is 0 Å². The van der Waals surface area contributed by atoms with Crippen molar-refractivity contribution < 1.29 is 22.8 Å². The first kappa shape index (κ1) is 22.5. The van der Waals surface area contributed by atoms with Crippen LogP contribution in [0.5, 0.6) is 0 Å². The lowest BCUT2D eigenvalue weighted by Gasteiger charge is -2.09. The van der Waals surface area contributed by atoms with Crippen LogP contribution in [-0.4, -0.2) is 23.3 Å². The number of aryl methyl sites for hydroxylation is 1. The molecule has 9 heteroatoms. The molecular weight excluding hydrogens is 427 g/mol. The Labute approximate surface area is 181 Å². The van der Waals surface area contributed by atoms with E-state index < -0.39 is 23.6 Å². The minimum Gasteiger partial charge on any atom is -0.347 e. The number of para-hydroxylation sites is 1. The molecule has 0 aliphatic carbocycles. The number of carbonyl (C=O) groups is 2. The first-order valence-corrected chi connectivity index (χ1v) is 10.4. The molecule has 0 fully saturated rings. The van der Waals surface area contributed by atoms with Gasteiger partial charge in [-0.3, -0.25) is 9.59 Å². The van der Waals surface area contributed by atoms with Gasteiger partial charge in [0.1, 0.15) is 5.01 Å². The molecule has 5 nitrogen and oxygen atoms in total. The number of carbonyl (C=O) groups excluding carboxylic acids is 2. The van der Waals surface area contributed by atoms with Crippen LogP contribution < -0.4 is 10.6 Å². The Morgan fingerprint density at radius 1 is 1.03 bits per heavy atom. The van der Waals surface area contributed by atoms with E-state index >= 15 is 0 Å². The molecule has 2 N–H and O–H groups in total. The molecule has 0 saturated heterocycles. The van der Waals surface area contributed by atoms with Crippen molar-refractivity contribution in [3.63, 3.8) is 0 Å². The van der Waals surface area contributed by atoms with Gasteiger partial charge < -0.3 is 10.6 Å². The summed E-state index contributed by atoms with van der Waals surface area (Å²) in [5.74, 6) is -1.49. The van der Waals surface area contributed by atoms with Crippen molar-refractivity contribution >= 4 is 28.8 Å². The van der Waals surface area contributed by atoms with Gasteiger partial charge in [-0.2, -0.15) is 13.2 Å². The summed E-state index contributed by atoms with van der Waals surface area (Å²) in [5.41, 5.74) is 2.09. The second kappa shape index (κ2) is 9.74. The Morgan fingerprint density at radius 3 is 2.42 bits per heavy atom. The quantitative estimate of drug-likeness (QED) is 0.539. The molecule has 0 unspecified atom stereocenters. The van der Waals surface area contributed by atoms with Gasteiger partial charge in [-0.1, -0.05) is 37.3 Å². The predicted molar refractivity (Wildman–Crippen MR) is 114 cm³/mol. The van der Waals surface area contributed by atoms with Crippen LogP contribution in [0.3, 0.4) is 0 Å². The Morgan fingerprint density at radius 2 is 1.74 bits per heavy atom. The summed E-state index contributed by atoms with van der Waals surface area (Å²) in [7, 11) is 0. The number of nitrogens with zero attached hydrogens (tertiary/aromatic N) is 1. The standard InChI is InChI=1S/C22H20F3N3O2S/c1-2-14-5-3-4-6-18(14)28-20(30)19(29)26-12-11-17-13-31-21(27-17)15-7-9-16(10-8-15)22(23,24)25/h3-10,13H,2,11-12H2,1H3,(H,26,29)(H,28,30). The first-order chi connectivity index (χ1) is 14.8. The van der Waals surface area contributed by atoms with Crippen LogP contribution in [0.15, 0.2) is 53.9 Å². The number of hydrogen-bond acceptors (Lipinski definition) is 4. The van der Waals surface area contributed by atoms with Gasteiger partial charge in [0.25, 0.3) is 0 Å². The number of alkyl halides is 3. The SMILES string of the molecule is CCc1ccccc1NC(=O)C(=O)NCCc1csc(-c2ccc(C(F)(F)F)cc2)n1. The van der Waals surface area contributed by atoms with E-state index in [0.717, 1.165) is 24.1 Å². The molecule has 1 aromatic heterocycles. The Hall–Kier alpha value is -3.20. The topological polar surface area (TPSA) is 71.1 Å². The summed E-state index contributed by atoms with van der Waals surface area (Å²) in [4.78, 5) is 28.5. The average Bonchev–Trinajstić information content (AvgIpc) is 3.22. The van der Waals surface area contributed by atoms with Crippen LogP contribution in [0.2, 0.25) is 0 Å². The van der Waals surface area contributed by atoms with Gasteiger partial charge in [-0.25, -0.2) is 4.98 Å². The minimum atomic E-state index is -4.38. The van der Waals surface area contributed by atoms with Crippen LogP contribution >= 0.6 is 11.3 Å². The van der Waals surface area contributed by atoms with E-state index in [-0.39, 0.29) is 6.54 Å². The molecule has 1 heterocycles. The second-order valence-corrected chi connectivity index (χ2v) is 7.55. The summed E-state index contributed by atoms with van der Waals surface area (Å²) in [6.45, 7) is 2.16. The molecule has 0 radical (unpaired) electrons. The second-order valence-electron chi connectivity index (χ2n) is 6.69. The summed E-state index contributed by atoms with van der Waals surface area (Å²) in [6, 6.07) is 12.1. The molecule has 0 aliphatic heterocycles. The largest absolute Gasteiger partial charge is 0.416 e. The first-order valence-electron chi connectivity index (χ1n) is 9.57. The smallest absolute Gasteiger partial charge is 0.347 e. The van der Waals surface area contributed by atoms with Crippen molar-refractivity contribution in [2.24, 2.45) is 0 Å². The molecular formula is C22H20F3N3O2S. The average molecular weight is 447 g/mol. The zero-order valence-corrected chi connectivity index (χ0v) is 17.4. The van der Waals surface area contributed by atoms with Crippen LogP contribution in [0.4, 0.5) is 18.9 Å². The van der Waals surface area contributed by atoms with E-state index in [1.807, 2.05) is 19.1 Å². The molecule has 162 valence electrons. The van der Waals surface area contributed by atoms with E-state index in [1.54, 1.807) is 17.5 Å². The maximum atomic E-state index is 12.7. The van der Waals surface area contributed by atoms with E-state index in [1.165, 1.54) is 23.5 Å². The van der Waals surface area contributed by atoms with Gasteiger partial charge in [0.2, 0.25) is 0 Å². The highest BCUT2D eigenvalue weighted by molar-refractivity contribution is 7.13. The molecule has 0 atom stereocenters. The van der Waals surface area contributed by atoms with E-state index in [0.29, 0.717) is 28.4 Å². The third kappa shape index (κ3) is 5.91. The maximum Gasteiger partial charge on any atom is 0.416 e. The molecule has 0 saturated carbocycles. The number of rotatable bonds is 6. The minimum absolute atomic E-state index is 0.206. The lowest BCUT2D eigenvalue weighted by Crippen LogP contribution is -2.36. The maximum absolute atomic E-state index is 12.7. The van der Waals surface area contributed by atoms with E-state index in [2.05, 4.69) is 15.6 Å². The number of anilines is 1. The highest BCUT2D eigenvalue weighted by atomic mass is 32.1. The summed E-state index contributed by atoms with van der Waals surface area (Å²) < 4.78 is 38.0. The Bertz CT molecular complexity index is 1060. The lowest BCUT2D eigenvalue weighted by molar-refractivity contribution is -0.137. The summed E-state index contributed by atoms with van der Waals surface area (Å²) >= 11 is 1.30. The highest BCUT2D eigenvalue weighted by Crippen LogP contribution is 2.31. The van der Waals surface area contributed by atoms with Crippen LogP contribution in [0, 0.1) is 0 Å². The molecule has 0 bridgehead atoms. The normalized spacial score (nSPS) is 11.2. The van der Waals surface area contributed by atoms with Crippen LogP contribution in [-0.2, 0) is 28.6 Å². The van der Waals surface area contributed by atoms with Gasteiger partial charge in [0.05, 0.1) is 11.3 Å². The van der Waals surface area contributed by atoms with Crippen molar-refractivity contribution in [2.75, 3.05) is 11.9 Å². The fourth-order valence-corrected chi connectivity index (χ4v) is 3.73. The Balaban J connectivity index is 1.51. The summed E-state index contributed by atoms with van der Waals surface area (Å²) in [6.07, 6.45) is -3.26. The molecule has 2 amide bonds. The fourth-order valence-electron chi connectivity index (χ4n) is 2.87. The number of aromatic nitrogens is 1. The number of hydrogen-bond donors (Lipinski definition) is 2. The molecule has 3 aromatic rings. The van der Waals surface area contributed by atoms with Crippen LogP contribution in [0.25, 0.3) is 10.6 Å². The number of amides is 2. The predicted octanol–water partition coefficient (Wildman–Crippen LogP) is 4.69. The number of halogens is 3. The number of benzene rings is 2. The Kier molecular flexibility index (Phi) is 7.06. The third-order valence-electron chi connectivity index (χ3n) is 4.53. The van der Waals surface area contributed by atoms with Crippen molar-refractivity contribution in [3.8, 4) is 10.6 Å². The zero-order valence-electron chi connectivity index (χ0n) is 16.6. The lowest BCUT2D eigenvalue weighted by atomic mass is 10.1. The molecule has 3 rings (SSSR count). The van der Waals surface area contributed by atoms with Gasteiger partial charge in [-0.05, 0) is 30.2 Å². The number of nitrogens with one attached hydrogen (secondary N) is 2. The molecule has 31 heavy (non-hydrogen) atoms. The van der Waals surface area contributed by atoms with Gasteiger partial charge in [-0.15, -0.1) is 11.3 Å². The molecule has 0 aliphatic rings. The van der Waals surface area contributed by atoms with Crippen molar-refractivity contribution in [1.82, 2.24) is 10.3 Å². The molecule has 0 spiro atoms. The monoisotopic (exact) mass is 447 g/mol. The van der Waals surface area contributed by atoms with Crippen molar-refractivity contribution in [3.05, 3.63) is 70.7 Å². The zero-order chi connectivity index (χ0) is 22.4. The third-order valence-corrected chi connectivity index (χ3v) is 5.47. The highest BCUT2D eigenvalue weighted by Gasteiger charge is 2.30. The number of thiazole rings is 1. The fraction of sp³-hybridized carbons (Fsp3) is 0.227. The van der Waals surface area contributed by atoms with Crippen LogP contribution in [0.1, 0.15) is 23.7 Å². The van der Waals surface area contributed by atoms with Crippen molar-refractivity contribution in [2.45, 2.75) is 25.9 Å². The van der Waals surface area contributed by atoms with Crippen molar-refractivity contribution in [1.29, 1.82) is 0 Å². The summed E-state index contributed by atoms with van der Waals surface area (Å²) in [5, 5.41) is 7.52.